The lowest BCUT2D eigenvalue weighted by molar-refractivity contribution is 0.102. The Bertz CT molecular complexity index is 965. The zero-order valence-corrected chi connectivity index (χ0v) is 16.1. The van der Waals surface area contributed by atoms with Gasteiger partial charge in [0.15, 0.2) is 5.82 Å². The van der Waals surface area contributed by atoms with Crippen LogP contribution in [0, 0.1) is 0 Å². The Morgan fingerprint density at radius 1 is 1.11 bits per heavy atom. The van der Waals surface area contributed by atoms with Crippen LogP contribution in [0.15, 0.2) is 54.7 Å². The Kier molecular flexibility index (Phi) is 5.78. The van der Waals surface area contributed by atoms with Crippen LogP contribution in [0.4, 0.5) is 11.5 Å². The Morgan fingerprint density at radius 2 is 1.85 bits per heavy atom. The minimum atomic E-state index is -0.389. The molecule has 0 spiro atoms. The van der Waals surface area contributed by atoms with Gasteiger partial charge in [-0.2, -0.15) is 4.98 Å². The summed E-state index contributed by atoms with van der Waals surface area (Å²) in [5, 5.41) is 3.49. The van der Waals surface area contributed by atoms with Gasteiger partial charge in [-0.3, -0.25) is 4.79 Å². The van der Waals surface area contributed by atoms with Gasteiger partial charge in [-0.1, -0.05) is 41.4 Å². The average Bonchev–Trinajstić information content (AvgIpc) is 2.63. The molecule has 8 heteroatoms. The molecule has 0 aliphatic carbocycles. The number of carbonyl (C=O) groups excluding carboxylic acids is 1. The summed E-state index contributed by atoms with van der Waals surface area (Å²) in [7, 11) is 3.61. The van der Waals surface area contributed by atoms with Crippen molar-refractivity contribution in [3.8, 4) is 11.8 Å². The second-order valence-electron chi connectivity index (χ2n) is 5.78. The quantitative estimate of drug-likeness (QED) is 0.657. The monoisotopic (exact) mass is 402 g/mol. The van der Waals surface area contributed by atoms with Crippen LogP contribution in [0.1, 0.15) is 10.4 Å². The third-order valence-corrected chi connectivity index (χ3v) is 4.09. The lowest BCUT2D eigenvalue weighted by Crippen LogP contribution is -2.18. The molecule has 1 N–H and O–H groups in total. The van der Waals surface area contributed by atoms with Crippen molar-refractivity contribution < 1.29 is 9.53 Å². The van der Waals surface area contributed by atoms with E-state index in [1.54, 1.807) is 43.3 Å². The van der Waals surface area contributed by atoms with E-state index in [9.17, 15) is 4.79 Å². The average molecular weight is 403 g/mol. The van der Waals surface area contributed by atoms with E-state index in [0.29, 0.717) is 27.8 Å². The number of para-hydroxylation sites is 1. The number of anilines is 2. The van der Waals surface area contributed by atoms with E-state index >= 15 is 0 Å². The third kappa shape index (κ3) is 4.67. The summed E-state index contributed by atoms with van der Waals surface area (Å²) in [5.74, 6) is 0.724. The van der Waals surface area contributed by atoms with Gasteiger partial charge in [-0.25, -0.2) is 4.98 Å². The molecule has 27 heavy (non-hydrogen) atoms. The van der Waals surface area contributed by atoms with E-state index in [4.69, 9.17) is 27.9 Å². The molecule has 1 amide bonds. The van der Waals surface area contributed by atoms with E-state index in [0.717, 1.165) is 0 Å². The number of carbonyl (C=O) groups is 1. The van der Waals surface area contributed by atoms with Crippen LogP contribution in [-0.4, -0.2) is 30.0 Å². The number of amides is 1. The molecule has 3 aromatic rings. The van der Waals surface area contributed by atoms with Crippen LogP contribution >= 0.6 is 23.2 Å². The zero-order valence-electron chi connectivity index (χ0n) is 14.6. The number of nitrogens with one attached hydrogen (secondary N) is 1. The molecular formula is C19H16Cl2N4O2. The van der Waals surface area contributed by atoms with E-state index in [1.165, 1.54) is 12.3 Å². The number of aromatic nitrogens is 2. The molecule has 0 atom stereocenters. The van der Waals surface area contributed by atoms with Gasteiger partial charge in [0.05, 0.1) is 16.8 Å². The third-order valence-electron chi connectivity index (χ3n) is 3.55. The number of hydrogen-bond donors (Lipinski definition) is 1. The fourth-order valence-corrected chi connectivity index (χ4v) is 2.79. The van der Waals surface area contributed by atoms with Crippen molar-refractivity contribution in [3.05, 3.63) is 70.3 Å². The number of rotatable bonds is 5. The summed E-state index contributed by atoms with van der Waals surface area (Å²) >= 11 is 12.0. The number of benzene rings is 2. The Balaban J connectivity index is 1.85. The van der Waals surface area contributed by atoms with Crippen LogP contribution < -0.4 is 15.0 Å². The smallest absolute Gasteiger partial charge is 0.324 e. The lowest BCUT2D eigenvalue weighted by Gasteiger charge is -2.17. The maximum atomic E-state index is 12.6. The molecule has 0 unspecified atom stereocenters. The molecule has 0 bridgehead atoms. The zero-order chi connectivity index (χ0) is 19.4. The summed E-state index contributed by atoms with van der Waals surface area (Å²) in [6.07, 6.45) is 1.49. The van der Waals surface area contributed by atoms with E-state index in [-0.39, 0.29) is 16.9 Å². The molecule has 1 heterocycles. The second kappa shape index (κ2) is 8.24. The van der Waals surface area contributed by atoms with Crippen LogP contribution in [0.2, 0.25) is 10.0 Å². The van der Waals surface area contributed by atoms with Crippen molar-refractivity contribution in [2.75, 3.05) is 24.3 Å². The van der Waals surface area contributed by atoms with Crippen molar-refractivity contribution in [2.45, 2.75) is 0 Å². The van der Waals surface area contributed by atoms with Crippen LogP contribution in [0.3, 0.4) is 0 Å². The molecule has 0 radical (unpaired) electrons. The van der Waals surface area contributed by atoms with Crippen molar-refractivity contribution in [1.29, 1.82) is 0 Å². The van der Waals surface area contributed by atoms with Crippen LogP contribution in [0.25, 0.3) is 0 Å². The molecule has 1 aromatic heterocycles. The summed E-state index contributed by atoms with van der Waals surface area (Å²) < 4.78 is 5.65. The van der Waals surface area contributed by atoms with Gasteiger partial charge < -0.3 is 15.0 Å². The Morgan fingerprint density at radius 3 is 2.52 bits per heavy atom. The largest absolute Gasteiger partial charge is 0.424 e. The number of halogens is 2. The summed E-state index contributed by atoms with van der Waals surface area (Å²) in [6.45, 7) is 0. The molecule has 3 rings (SSSR count). The highest BCUT2D eigenvalue weighted by Crippen LogP contribution is 2.27. The van der Waals surface area contributed by atoms with Crippen LogP contribution in [0.5, 0.6) is 11.8 Å². The van der Waals surface area contributed by atoms with Crippen molar-refractivity contribution >= 4 is 40.6 Å². The van der Waals surface area contributed by atoms with Gasteiger partial charge in [-0.05, 0) is 30.3 Å². The molecule has 6 nitrogen and oxygen atoms in total. The first-order chi connectivity index (χ1) is 12.9. The van der Waals surface area contributed by atoms with Crippen molar-refractivity contribution in [1.82, 2.24) is 9.97 Å². The maximum Gasteiger partial charge on any atom is 0.324 e. The van der Waals surface area contributed by atoms with Crippen LogP contribution in [-0.2, 0) is 0 Å². The Hall–Kier alpha value is -2.83. The van der Waals surface area contributed by atoms with E-state index in [2.05, 4.69) is 15.3 Å². The van der Waals surface area contributed by atoms with Gasteiger partial charge in [0, 0.05) is 19.1 Å². The first-order valence-electron chi connectivity index (χ1n) is 7.97. The van der Waals surface area contributed by atoms with Gasteiger partial charge >= 0.3 is 6.01 Å². The molecule has 138 valence electrons. The predicted molar refractivity (Wildman–Crippen MR) is 107 cm³/mol. The molecule has 2 aromatic carbocycles. The number of ether oxygens (including phenoxy) is 1. The van der Waals surface area contributed by atoms with Gasteiger partial charge in [0.2, 0.25) is 0 Å². The molecular weight excluding hydrogens is 387 g/mol. The van der Waals surface area contributed by atoms with E-state index in [1.807, 2.05) is 18.2 Å². The standard InChI is InChI=1S/C19H16Cl2N4O2/c1-25(2)17-16(23-18(26)14-9-8-12(20)10-15(14)21)11-22-19(24-17)27-13-6-4-3-5-7-13/h3-11H,1-2H3,(H,23,26). The van der Waals surface area contributed by atoms with Gasteiger partial charge in [0.1, 0.15) is 11.4 Å². The maximum absolute atomic E-state index is 12.6. The van der Waals surface area contributed by atoms with Gasteiger partial charge in [-0.15, -0.1) is 0 Å². The van der Waals surface area contributed by atoms with E-state index < -0.39 is 0 Å². The topological polar surface area (TPSA) is 67.3 Å². The first-order valence-corrected chi connectivity index (χ1v) is 8.73. The predicted octanol–water partition coefficient (Wildman–Crippen LogP) is 4.89. The number of hydrogen-bond acceptors (Lipinski definition) is 5. The van der Waals surface area contributed by atoms with Crippen molar-refractivity contribution in [2.24, 2.45) is 0 Å². The molecule has 0 saturated heterocycles. The second-order valence-corrected chi connectivity index (χ2v) is 6.62. The summed E-state index contributed by atoms with van der Waals surface area (Å²) in [5.41, 5.74) is 0.729. The highest BCUT2D eigenvalue weighted by Gasteiger charge is 2.16. The molecule has 0 aliphatic heterocycles. The fraction of sp³-hybridized carbons (Fsp3) is 0.105. The van der Waals surface area contributed by atoms with Gasteiger partial charge in [0.25, 0.3) is 5.91 Å². The highest BCUT2D eigenvalue weighted by atomic mass is 35.5. The minimum Gasteiger partial charge on any atom is -0.424 e. The first kappa shape index (κ1) is 18.9. The Labute approximate surface area is 166 Å². The normalized spacial score (nSPS) is 10.4. The summed E-state index contributed by atoms with van der Waals surface area (Å²) in [4.78, 5) is 22.8. The summed E-state index contributed by atoms with van der Waals surface area (Å²) in [6, 6.07) is 14.0. The highest BCUT2D eigenvalue weighted by molar-refractivity contribution is 6.37. The molecule has 0 aliphatic rings. The van der Waals surface area contributed by atoms with Crippen molar-refractivity contribution in [3.63, 3.8) is 0 Å². The molecule has 0 saturated carbocycles. The SMILES string of the molecule is CN(C)c1nc(Oc2ccccc2)ncc1NC(=O)c1ccc(Cl)cc1Cl. The fourth-order valence-electron chi connectivity index (χ4n) is 2.29. The minimum absolute atomic E-state index is 0.174. The molecule has 0 fully saturated rings. The lowest BCUT2D eigenvalue weighted by atomic mass is 10.2. The number of nitrogens with zero attached hydrogens (tertiary/aromatic N) is 3.